The zero-order chi connectivity index (χ0) is 21.1. The Hall–Kier alpha value is -0.533. The number of fused-ring (bicyclic) bond motifs is 1. The Bertz CT molecular complexity index is 859. The first-order chi connectivity index (χ1) is 12.7. The molecule has 1 aromatic rings. The van der Waals surface area contributed by atoms with E-state index in [0.717, 1.165) is 0 Å². The molecular formula is C18H29IN2O6Si. The van der Waals surface area contributed by atoms with Crippen molar-refractivity contribution in [1.29, 1.82) is 0 Å². The predicted octanol–water partition coefficient (Wildman–Crippen LogP) is 2.58. The molecule has 0 spiro atoms. The zero-order valence-corrected chi connectivity index (χ0v) is 20.5. The number of hydrogen-bond donors (Lipinski definition) is 1. The molecule has 2 saturated heterocycles. The molecule has 0 saturated carbocycles. The molecule has 2 aliphatic rings. The van der Waals surface area contributed by atoms with Gasteiger partial charge in [-0.25, -0.2) is 4.79 Å². The Kier molecular flexibility index (Phi) is 5.78. The average molecular weight is 524 g/mol. The van der Waals surface area contributed by atoms with Crippen LogP contribution in [0.25, 0.3) is 0 Å². The normalized spacial score (nSPS) is 29.9. The molecule has 2 fully saturated rings. The summed E-state index contributed by atoms with van der Waals surface area (Å²) in [6, 6.07) is 1.36. The molecule has 3 rings (SSSR count). The Balaban J connectivity index is 1.89. The molecule has 3 heterocycles. The average Bonchev–Trinajstić information content (AvgIpc) is 2.97. The molecule has 1 N–H and O–H groups in total. The smallest absolute Gasteiger partial charge is 0.331 e. The summed E-state index contributed by atoms with van der Waals surface area (Å²) in [4.78, 5) is 26.3. The van der Waals surface area contributed by atoms with Crippen LogP contribution in [0.4, 0.5) is 0 Å². The molecule has 4 atom stereocenters. The van der Waals surface area contributed by atoms with Crippen molar-refractivity contribution in [3.8, 4) is 0 Å². The molecule has 10 heteroatoms. The summed E-state index contributed by atoms with van der Waals surface area (Å²) in [5, 5.41) is 0.0714. The topological polar surface area (TPSA) is 91.8 Å². The van der Waals surface area contributed by atoms with Gasteiger partial charge < -0.3 is 18.6 Å². The van der Waals surface area contributed by atoms with Crippen LogP contribution in [0.2, 0.25) is 18.1 Å². The third-order valence-corrected chi connectivity index (χ3v) is 11.1. The maximum absolute atomic E-state index is 12.5. The Morgan fingerprint density at radius 2 is 1.86 bits per heavy atom. The molecule has 2 aliphatic heterocycles. The van der Waals surface area contributed by atoms with E-state index in [4.69, 9.17) is 18.6 Å². The minimum absolute atomic E-state index is 0.0714. The van der Waals surface area contributed by atoms with Crippen LogP contribution < -0.4 is 11.2 Å². The number of hydrogen-bond acceptors (Lipinski definition) is 6. The van der Waals surface area contributed by atoms with Crippen LogP contribution in [0, 0.1) is 3.70 Å². The van der Waals surface area contributed by atoms with Crippen molar-refractivity contribution >= 4 is 30.9 Å². The van der Waals surface area contributed by atoms with Crippen LogP contribution in [0.15, 0.2) is 15.7 Å². The second-order valence-corrected chi connectivity index (χ2v) is 15.2. The van der Waals surface area contributed by atoms with E-state index in [1.165, 1.54) is 10.6 Å². The molecule has 0 aromatic carbocycles. The minimum Gasteiger partial charge on any atom is -0.414 e. The van der Waals surface area contributed by atoms with Gasteiger partial charge >= 0.3 is 5.69 Å². The van der Waals surface area contributed by atoms with Crippen molar-refractivity contribution in [1.82, 2.24) is 9.55 Å². The molecule has 158 valence electrons. The third-order valence-electron chi connectivity index (χ3n) is 5.72. The van der Waals surface area contributed by atoms with Crippen molar-refractivity contribution in [3.63, 3.8) is 0 Å². The maximum Gasteiger partial charge on any atom is 0.331 e. The zero-order valence-electron chi connectivity index (χ0n) is 17.4. The van der Waals surface area contributed by atoms with Crippen LogP contribution >= 0.6 is 22.6 Å². The first-order valence-corrected chi connectivity index (χ1v) is 13.4. The van der Waals surface area contributed by atoms with Crippen molar-refractivity contribution in [3.05, 3.63) is 30.6 Å². The van der Waals surface area contributed by atoms with Gasteiger partial charge in [-0.05, 0) is 54.6 Å². The van der Waals surface area contributed by atoms with Gasteiger partial charge in [0.05, 0.1) is 10.3 Å². The van der Waals surface area contributed by atoms with E-state index >= 15 is 0 Å². The lowest BCUT2D eigenvalue weighted by molar-refractivity contribution is -0.200. The van der Waals surface area contributed by atoms with Gasteiger partial charge in [0, 0.05) is 6.07 Å². The van der Waals surface area contributed by atoms with E-state index in [1.807, 2.05) is 36.4 Å². The molecule has 28 heavy (non-hydrogen) atoms. The molecule has 0 aliphatic carbocycles. The van der Waals surface area contributed by atoms with Gasteiger partial charge in [0.15, 0.2) is 20.3 Å². The summed E-state index contributed by atoms with van der Waals surface area (Å²) in [5.41, 5.74) is -0.971. The molecule has 8 nitrogen and oxygen atoms in total. The Morgan fingerprint density at radius 1 is 1.25 bits per heavy atom. The first-order valence-electron chi connectivity index (χ1n) is 9.38. The minimum atomic E-state index is -1.98. The number of nitrogens with zero attached hydrogens (tertiary/aromatic N) is 1. The lowest BCUT2D eigenvalue weighted by atomic mass is 10.1. The lowest BCUT2D eigenvalue weighted by Gasteiger charge is -2.37. The molecular weight excluding hydrogens is 495 g/mol. The maximum atomic E-state index is 12.5. The van der Waals surface area contributed by atoms with E-state index < -0.39 is 37.7 Å². The summed E-state index contributed by atoms with van der Waals surface area (Å²) < 4.78 is 26.6. The van der Waals surface area contributed by atoms with Gasteiger partial charge in [0.1, 0.15) is 18.3 Å². The van der Waals surface area contributed by atoms with Crippen molar-refractivity contribution in [2.75, 3.05) is 6.61 Å². The number of ether oxygens (including phenoxy) is 3. The molecule has 0 unspecified atom stereocenters. The van der Waals surface area contributed by atoms with E-state index in [2.05, 4.69) is 38.8 Å². The molecule has 0 amide bonds. The monoisotopic (exact) mass is 524 g/mol. The number of aromatic amines is 1. The highest BCUT2D eigenvalue weighted by molar-refractivity contribution is 14.1. The molecule has 1 aromatic heterocycles. The van der Waals surface area contributed by atoms with Crippen molar-refractivity contribution in [2.45, 2.75) is 83.1 Å². The standard InChI is InChI=1S/C18H29IN2O6Si/c1-17(2,3)28(6,7)24-9-10-13-14(27-18(4,5)26-13)15(25-10)21-11(19)8-12(22)20-16(21)23/h8,10,13-15H,9H2,1-7H3,(H,20,22,23)/t10-,13-,14-,15-/m1/s1. The summed E-state index contributed by atoms with van der Waals surface area (Å²) in [6.45, 7) is 15.0. The van der Waals surface area contributed by atoms with E-state index in [-0.39, 0.29) is 17.2 Å². The van der Waals surface area contributed by atoms with Gasteiger partial charge in [-0.1, -0.05) is 20.8 Å². The number of halogens is 1. The van der Waals surface area contributed by atoms with Crippen LogP contribution in [-0.2, 0) is 18.6 Å². The van der Waals surface area contributed by atoms with E-state index in [0.29, 0.717) is 10.3 Å². The lowest BCUT2D eigenvalue weighted by Crippen LogP contribution is -2.44. The van der Waals surface area contributed by atoms with Crippen LogP contribution in [0.3, 0.4) is 0 Å². The summed E-state index contributed by atoms with van der Waals surface area (Å²) in [6.07, 6.45) is -1.91. The third kappa shape index (κ3) is 4.17. The highest BCUT2D eigenvalue weighted by atomic mass is 127. The van der Waals surface area contributed by atoms with Gasteiger partial charge in [0.25, 0.3) is 5.56 Å². The fourth-order valence-electron chi connectivity index (χ4n) is 3.22. The SMILES string of the molecule is CC1(C)O[C@@H]2[C@H](O1)[C@@H](CO[Si](C)(C)C(C)(C)C)O[C@H]2n1c(I)cc(=O)[nH]c1=O. The van der Waals surface area contributed by atoms with Gasteiger partial charge in [-0.2, -0.15) is 0 Å². The second kappa shape index (κ2) is 7.31. The van der Waals surface area contributed by atoms with E-state index in [9.17, 15) is 9.59 Å². The van der Waals surface area contributed by atoms with Gasteiger partial charge in [-0.15, -0.1) is 0 Å². The summed E-state index contributed by atoms with van der Waals surface area (Å²) in [7, 11) is -1.98. The molecule has 0 radical (unpaired) electrons. The van der Waals surface area contributed by atoms with Crippen LogP contribution in [0.5, 0.6) is 0 Å². The van der Waals surface area contributed by atoms with E-state index in [1.54, 1.807) is 0 Å². The van der Waals surface area contributed by atoms with Gasteiger partial charge in [0.2, 0.25) is 0 Å². The fourth-order valence-corrected chi connectivity index (χ4v) is 5.01. The Morgan fingerprint density at radius 3 is 2.43 bits per heavy atom. The number of rotatable bonds is 4. The molecule has 0 bridgehead atoms. The number of H-pyrrole nitrogens is 1. The predicted molar refractivity (Wildman–Crippen MR) is 115 cm³/mol. The number of nitrogens with one attached hydrogen (secondary N) is 1. The largest absolute Gasteiger partial charge is 0.414 e. The summed E-state index contributed by atoms with van der Waals surface area (Å²) >= 11 is 1.96. The highest BCUT2D eigenvalue weighted by Crippen LogP contribution is 2.44. The van der Waals surface area contributed by atoms with Crippen molar-refractivity contribution in [2.24, 2.45) is 0 Å². The first kappa shape index (κ1) is 22.2. The van der Waals surface area contributed by atoms with Crippen molar-refractivity contribution < 1.29 is 18.6 Å². The number of aromatic nitrogens is 2. The van der Waals surface area contributed by atoms with Crippen LogP contribution in [-0.4, -0.2) is 48.6 Å². The highest BCUT2D eigenvalue weighted by Gasteiger charge is 2.56. The van der Waals surface area contributed by atoms with Crippen LogP contribution in [0.1, 0.15) is 40.8 Å². The quantitative estimate of drug-likeness (QED) is 0.370. The van der Waals surface area contributed by atoms with Gasteiger partial charge in [-0.3, -0.25) is 14.3 Å². The summed E-state index contributed by atoms with van der Waals surface area (Å²) in [5.74, 6) is -0.788. The second-order valence-electron chi connectivity index (χ2n) is 9.33. The Labute approximate surface area is 179 Å². The fraction of sp³-hybridized carbons (Fsp3) is 0.778.